The maximum Gasteiger partial charge on any atom is 0.198 e. The normalized spacial score (nSPS) is 11.2. The molecule has 0 saturated heterocycles. The monoisotopic (exact) mass is 411 g/mol. The summed E-state index contributed by atoms with van der Waals surface area (Å²) in [6, 6.07) is 26.0. The molecule has 31 heavy (non-hydrogen) atoms. The van der Waals surface area contributed by atoms with Gasteiger partial charge in [0.1, 0.15) is 19.6 Å². The van der Waals surface area contributed by atoms with Gasteiger partial charge in [-0.3, -0.25) is 9.59 Å². The zero-order chi connectivity index (χ0) is 21.8. The van der Waals surface area contributed by atoms with Crippen LogP contribution in [-0.2, 0) is 19.6 Å². The van der Waals surface area contributed by atoms with Crippen molar-refractivity contribution in [1.82, 2.24) is 4.98 Å². The summed E-state index contributed by atoms with van der Waals surface area (Å²) in [5, 5.41) is 0.576. The van der Waals surface area contributed by atoms with E-state index in [0.29, 0.717) is 17.5 Å². The lowest BCUT2D eigenvalue weighted by atomic mass is 10.0. The Hall–Kier alpha value is -3.50. The standard InChI is InChI=1S/C27H26N2O2/c1-19-25(27(31)24-15-23(20(2)30)13-14-26(24)28-19)18-29(16-21-9-5-3-6-10-21)17-22-11-7-4-8-12-22/h3-15H,16-18H2,1-2H3,(H,28,31)/p+1. The summed E-state index contributed by atoms with van der Waals surface area (Å²) >= 11 is 0. The molecule has 0 saturated carbocycles. The van der Waals surface area contributed by atoms with E-state index in [4.69, 9.17) is 0 Å². The molecular weight excluding hydrogens is 384 g/mol. The van der Waals surface area contributed by atoms with E-state index < -0.39 is 0 Å². The minimum absolute atomic E-state index is 0.00738. The number of carbonyl (C=O) groups excluding carboxylic acids is 1. The first-order chi connectivity index (χ1) is 15.0. The van der Waals surface area contributed by atoms with Crippen molar-refractivity contribution >= 4 is 16.7 Å². The van der Waals surface area contributed by atoms with Gasteiger partial charge in [0.25, 0.3) is 0 Å². The number of carbonyl (C=O) groups is 1. The predicted octanol–water partition coefficient (Wildman–Crippen LogP) is 3.82. The van der Waals surface area contributed by atoms with E-state index in [0.717, 1.165) is 29.9 Å². The molecule has 0 bridgehead atoms. The number of pyridine rings is 1. The van der Waals surface area contributed by atoms with Crippen LogP contribution >= 0.6 is 0 Å². The molecule has 1 heterocycles. The Bertz CT molecular complexity index is 1220. The fourth-order valence-electron chi connectivity index (χ4n) is 4.09. The van der Waals surface area contributed by atoms with Crippen LogP contribution in [0.15, 0.2) is 83.7 Å². The molecule has 4 rings (SSSR count). The summed E-state index contributed by atoms with van der Waals surface area (Å²) in [6.45, 7) is 5.72. The minimum atomic E-state index is -0.0381. The summed E-state index contributed by atoms with van der Waals surface area (Å²) in [5.74, 6) is -0.0381. The summed E-state index contributed by atoms with van der Waals surface area (Å²) in [6.07, 6.45) is 0. The number of aryl methyl sites for hydroxylation is 1. The van der Waals surface area contributed by atoms with Crippen molar-refractivity contribution in [3.8, 4) is 0 Å². The van der Waals surface area contributed by atoms with Crippen LogP contribution in [-0.4, -0.2) is 10.8 Å². The molecule has 0 aliphatic carbocycles. The summed E-state index contributed by atoms with van der Waals surface area (Å²) in [4.78, 5) is 29.9. The number of rotatable bonds is 7. The fourth-order valence-corrected chi connectivity index (χ4v) is 4.09. The van der Waals surface area contributed by atoms with Crippen molar-refractivity contribution < 1.29 is 9.69 Å². The Morgan fingerprint density at radius 2 is 1.42 bits per heavy atom. The molecule has 0 spiro atoms. The molecule has 0 aliphatic rings. The number of fused-ring (bicyclic) bond motifs is 1. The topological polar surface area (TPSA) is 54.4 Å². The number of nitrogens with one attached hydrogen (secondary N) is 2. The van der Waals surface area contributed by atoms with Gasteiger partial charge in [0.2, 0.25) is 0 Å². The van der Waals surface area contributed by atoms with Gasteiger partial charge in [-0.2, -0.15) is 0 Å². The third-order valence-corrected chi connectivity index (χ3v) is 5.74. The van der Waals surface area contributed by atoms with Gasteiger partial charge >= 0.3 is 0 Å². The summed E-state index contributed by atoms with van der Waals surface area (Å²) in [7, 11) is 0. The van der Waals surface area contributed by atoms with Gasteiger partial charge < -0.3 is 9.88 Å². The van der Waals surface area contributed by atoms with Gasteiger partial charge in [-0.25, -0.2) is 0 Å². The highest BCUT2D eigenvalue weighted by molar-refractivity contribution is 5.97. The molecule has 1 aromatic heterocycles. The number of hydrogen-bond acceptors (Lipinski definition) is 2. The Morgan fingerprint density at radius 3 is 1.97 bits per heavy atom. The van der Waals surface area contributed by atoms with Crippen LogP contribution in [0.5, 0.6) is 0 Å². The Balaban J connectivity index is 1.72. The number of aromatic amines is 1. The first-order valence-corrected chi connectivity index (χ1v) is 10.6. The number of quaternary nitrogens is 1. The molecule has 0 aliphatic heterocycles. The maximum atomic E-state index is 13.4. The van der Waals surface area contributed by atoms with Gasteiger partial charge in [-0.15, -0.1) is 0 Å². The van der Waals surface area contributed by atoms with Gasteiger partial charge in [-0.1, -0.05) is 60.7 Å². The van der Waals surface area contributed by atoms with E-state index >= 15 is 0 Å². The molecular formula is C27H27N2O2+. The quantitative estimate of drug-likeness (QED) is 0.454. The minimum Gasteiger partial charge on any atom is -0.358 e. The molecule has 4 aromatic rings. The smallest absolute Gasteiger partial charge is 0.198 e. The molecule has 4 heteroatoms. The van der Waals surface area contributed by atoms with Crippen LogP contribution in [0.3, 0.4) is 0 Å². The Morgan fingerprint density at radius 1 is 0.839 bits per heavy atom. The van der Waals surface area contributed by atoms with Crippen LogP contribution < -0.4 is 10.3 Å². The van der Waals surface area contributed by atoms with Crippen molar-refractivity contribution in [1.29, 1.82) is 0 Å². The number of H-pyrrole nitrogens is 1. The maximum absolute atomic E-state index is 13.4. The van der Waals surface area contributed by atoms with E-state index in [1.165, 1.54) is 23.0 Å². The molecule has 2 N–H and O–H groups in total. The van der Waals surface area contributed by atoms with Crippen molar-refractivity contribution in [3.05, 3.63) is 117 Å². The highest BCUT2D eigenvalue weighted by Crippen LogP contribution is 2.14. The zero-order valence-corrected chi connectivity index (χ0v) is 17.9. The molecule has 3 aromatic carbocycles. The second-order valence-corrected chi connectivity index (χ2v) is 8.13. The highest BCUT2D eigenvalue weighted by Gasteiger charge is 2.18. The number of benzene rings is 3. The first-order valence-electron chi connectivity index (χ1n) is 10.6. The average molecular weight is 412 g/mol. The van der Waals surface area contributed by atoms with Crippen LogP contribution in [0.25, 0.3) is 10.9 Å². The summed E-state index contributed by atoms with van der Waals surface area (Å²) < 4.78 is 0. The average Bonchev–Trinajstić information content (AvgIpc) is 2.77. The van der Waals surface area contributed by atoms with Crippen LogP contribution in [0.4, 0.5) is 0 Å². The lowest BCUT2D eigenvalue weighted by molar-refractivity contribution is -0.941. The largest absolute Gasteiger partial charge is 0.358 e. The van der Waals surface area contributed by atoms with Crippen LogP contribution in [0, 0.1) is 6.92 Å². The van der Waals surface area contributed by atoms with E-state index in [1.54, 1.807) is 12.1 Å². The van der Waals surface area contributed by atoms with Crippen molar-refractivity contribution in [2.24, 2.45) is 0 Å². The van der Waals surface area contributed by atoms with Gasteiger partial charge in [0.15, 0.2) is 11.2 Å². The Kier molecular flexibility index (Phi) is 6.10. The third-order valence-electron chi connectivity index (χ3n) is 5.74. The van der Waals surface area contributed by atoms with Crippen molar-refractivity contribution in [2.45, 2.75) is 33.5 Å². The highest BCUT2D eigenvalue weighted by atomic mass is 16.1. The zero-order valence-electron chi connectivity index (χ0n) is 17.9. The van der Waals surface area contributed by atoms with E-state index in [9.17, 15) is 9.59 Å². The predicted molar refractivity (Wildman–Crippen MR) is 124 cm³/mol. The molecule has 0 fully saturated rings. The molecule has 0 atom stereocenters. The Labute approximate surface area is 182 Å². The third kappa shape index (κ3) is 4.81. The first kappa shape index (κ1) is 20.8. The molecule has 0 radical (unpaired) electrons. The number of Topliss-reactive ketones (excluding diaryl/α,β-unsaturated/α-hetero) is 1. The van der Waals surface area contributed by atoms with E-state index in [-0.39, 0.29) is 11.2 Å². The lowest BCUT2D eigenvalue weighted by Gasteiger charge is -2.21. The summed E-state index contributed by atoms with van der Waals surface area (Å²) in [5.41, 5.74) is 5.47. The van der Waals surface area contributed by atoms with Crippen molar-refractivity contribution in [3.63, 3.8) is 0 Å². The van der Waals surface area contributed by atoms with Crippen molar-refractivity contribution in [2.75, 3.05) is 0 Å². The second kappa shape index (κ2) is 9.11. The fraction of sp³-hybridized carbons (Fsp3) is 0.185. The molecule has 4 nitrogen and oxygen atoms in total. The number of hydrogen-bond donors (Lipinski definition) is 2. The van der Waals surface area contributed by atoms with Gasteiger partial charge in [0, 0.05) is 33.3 Å². The SMILES string of the molecule is CC(=O)c1ccc2[nH]c(C)c(C[NH+](Cc3ccccc3)Cc3ccccc3)c(=O)c2c1. The molecule has 156 valence electrons. The number of aromatic nitrogens is 1. The lowest BCUT2D eigenvalue weighted by Crippen LogP contribution is -3.08. The van der Waals surface area contributed by atoms with Gasteiger partial charge in [-0.05, 0) is 32.0 Å². The number of ketones is 1. The molecule has 0 unspecified atom stereocenters. The second-order valence-electron chi connectivity index (χ2n) is 8.13. The van der Waals surface area contributed by atoms with E-state index in [1.807, 2.05) is 49.4 Å². The van der Waals surface area contributed by atoms with E-state index in [2.05, 4.69) is 29.2 Å². The van der Waals surface area contributed by atoms with Crippen LogP contribution in [0.2, 0.25) is 0 Å². The molecule has 0 amide bonds. The van der Waals surface area contributed by atoms with Gasteiger partial charge in [0.05, 0.1) is 5.56 Å². The van der Waals surface area contributed by atoms with Crippen LogP contribution in [0.1, 0.15) is 39.7 Å².